The predicted octanol–water partition coefficient (Wildman–Crippen LogP) is 1.87. The van der Waals surface area contributed by atoms with E-state index in [1.807, 2.05) is 17.5 Å². The van der Waals surface area contributed by atoms with Crippen molar-refractivity contribution in [2.75, 3.05) is 25.5 Å². The molecule has 3 heterocycles. The van der Waals surface area contributed by atoms with E-state index in [-0.39, 0.29) is 0 Å². The van der Waals surface area contributed by atoms with Crippen molar-refractivity contribution in [2.45, 2.75) is 0 Å². The number of hydrogen-bond donors (Lipinski definition) is 2. The maximum Gasteiger partial charge on any atom is 0.407 e. The molecule has 0 aliphatic rings. The van der Waals surface area contributed by atoms with Crippen molar-refractivity contribution in [2.24, 2.45) is 0 Å². The Morgan fingerprint density at radius 2 is 2.32 bits per heavy atom. The lowest BCUT2D eigenvalue weighted by atomic mass is 10.4. The summed E-state index contributed by atoms with van der Waals surface area (Å²) in [5.74, 6) is 0.653. The molecule has 0 fully saturated rings. The molecule has 0 aliphatic heterocycles. The van der Waals surface area contributed by atoms with Gasteiger partial charge in [0.1, 0.15) is 17.2 Å². The first-order valence-corrected chi connectivity index (χ1v) is 7.51. The van der Waals surface area contributed by atoms with Gasteiger partial charge in [0.15, 0.2) is 5.65 Å². The largest absolute Gasteiger partial charge is 0.465 e. The molecule has 0 aromatic carbocycles. The van der Waals surface area contributed by atoms with E-state index in [1.54, 1.807) is 16.2 Å². The smallest absolute Gasteiger partial charge is 0.407 e. The van der Waals surface area contributed by atoms with Crippen LogP contribution < -0.4 is 5.32 Å². The molecule has 0 saturated heterocycles. The molecular formula is C13H14N6O2S. The van der Waals surface area contributed by atoms with Crippen LogP contribution in [0.4, 0.5) is 10.6 Å². The lowest BCUT2D eigenvalue weighted by Crippen LogP contribution is -2.30. The zero-order chi connectivity index (χ0) is 15.5. The first kappa shape index (κ1) is 14.3. The molecule has 22 heavy (non-hydrogen) atoms. The Labute approximate surface area is 130 Å². The molecule has 0 unspecified atom stereocenters. The summed E-state index contributed by atoms with van der Waals surface area (Å²) in [7, 11) is 1.52. The highest BCUT2D eigenvalue weighted by Crippen LogP contribution is 2.20. The zero-order valence-corrected chi connectivity index (χ0v) is 12.6. The fraction of sp³-hybridized carbons (Fsp3) is 0.231. The number of thiazole rings is 1. The molecule has 0 atom stereocenters. The molecule has 9 heteroatoms. The van der Waals surface area contributed by atoms with Gasteiger partial charge in [-0.3, -0.25) is 0 Å². The normalized spacial score (nSPS) is 10.8. The molecule has 3 rings (SSSR count). The second-order valence-electron chi connectivity index (χ2n) is 4.64. The van der Waals surface area contributed by atoms with E-state index >= 15 is 0 Å². The molecule has 8 nitrogen and oxygen atoms in total. The predicted molar refractivity (Wildman–Crippen MR) is 83.2 cm³/mol. The lowest BCUT2D eigenvalue weighted by molar-refractivity contribution is 0.157. The highest BCUT2D eigenvalue weighted by atomic mass is 32.1. The van der Waals surface area contributed by atoms with Gasteiger partial charge in [0.05, 0.1) is 11.7 Å². The summed E-state index contributed by atoms with van der Waals surface area (Å²) < 4.78 is 1.72. The lowest BCUT2D eigenvalue weighted by Gasteiger charge is -2.13. The van der Waals surface area contributed by atoms with Crippen LogP contribution in [0.5, 0.6) is 0 Å². The summed E-state index contributed by atoms with van der Waals surface area (Å²) >= 11 is 1.51. The summed E-state index contributed by atoms with van der Waals surface area (Å²) in [4.78, 5) is 20.5. The highest BCUT2D eigenvalue weighted by molar-refractivity contribution is 7.07. The average molecular weight is 318 g/mol. The number of anilines is 1. The summed E-state index contributed by atoms with van der Waals surface area (Å²) in [6.45, 7) is 0.847. The number of amides is 1. The molecule has 0 bridgehead atoms. The van der Waals surface area contributed by atoms with Crippen molar-refractivity contribution in [3.63, 3.8) is 0 Å². The highest BCUT2D eigenvalue weighted by Gasteiger charge is 2.10. The Balaban J connectivity index is 1.77. The van der Waals surface area contributed by atoms with E-state index in [4.69, 9.17) is 5.11 Å². The third-order valence-electron chi connectivity index (χ3n) is 3.14. The standard InChI is InChI=1S/C13H14N6O2S/c1-18(13(20)21)5-4-14-11-2-3-12-15-6-10(19(12)17-11)9-7-22-8-16-9/h2-3,6-8H,4-5H2,1H3,(H,14,17)(H,20,21). The van der Waals surface area contributed by atoms with Crippen molar-refractivity contribution in [3.05, 3.63) is 29.2 Å². The van der Waals surface area contributed by atoms with Gasteiger partial charge in [0.2, 0.25) is 0 Å². The van der Waals surface area contributed by atoms with Crippen LogP contribution in [-0.4, -0.2) is 55.8 Å². The quantitative estimate of drug-likeness (QED) is 0.745. The van der Waals surface area contributed by atoms with Crippen molar-refractivity contribution >= 4 is 28.9 Å². The van der Waals surface area contributed by atoms with Gasteiger partial charge >= 0.3 is 6.09 Å². The molecule has 3 aromatic rings. The Kier molecular flexibility index (Phi) is 3.88. The van der Waals surface area contributed by atoms with Gasteiger partial charge in [-0.05, 0) is 12.1 Å². The second kappa shape index (κ2) is 5.98. The van der Waals surface area contributed by atoms with Crippen LogP contribution >= 0.6 is 11.3 Å². The Bertz CT molecular complexity index is 785. The topological polar surface area (TPSA) is 95.6 Å². The number of likely N-dealkylation sites (N-methyl/N-ethyl adjacent to an activating group) is 1. The fourth-order valence-electron chi connectivity index (χ4n) is 1.93. The van der Waals surface area contributed by atoms with Crippen LogP contribution in [0.25, 0.3) is 17.0 Å². The summed E-state index contributed by atoms with van der Waals surface area (Å²) in [6, 6.07) is 3.67. The van der Waals surface area contributed by atoms with Crippen LogP contribution in [0.2, 0.25) is 0 Å². The van der Waals surface area contributed by atoms with Gasteiger partial charge in [-0.2, -0.15) is 0 Å². The summed E-state index contributed by atoms with van der Waals surface area (Å²) in [5.41, 5.74) is 4.14. The molecule has 0 saturated carbocycles. The molecule has 0 aliphatic carbocycles. The number of aromatic nitrogens is 4. The van der Waals surface area contributed by atoms with E-state index in [2.05, 4.69) is 20.4 Å². The van der Waals surface area contributed by atoms with E-state index < -0.39 is 6.09 Å². The first-order valence-electron chi connectivity index (χ1n) is 6.56. The van der Waals surface area contributed by atoms with E-state index in [0.29, 0.717) is 18.9 Å². The maximum atomic E-state index is 10.7. The number of hydrogen-bond acceptors (Lipinski definition) is 6. The van der Waals surface area contributed by atoms with Gasteiger partial charge < -0.3 is 15.3 Å². The summed E-state index contributed by atoms with van der Waals surface area (Å²) in [5, 5.41) is 18.3. The molecule has 3 aromatic heterocycles. The molecule has 0 radical (unpaired) electrons. The third-order valence-corrected chi connectivity index (χ3v) is 3.72. The van der Waals surface area contributed by atoms with E-state index in [1.165, 1.54) is 23.3 Å². The van der Waals surface area contributed by atoms with Crippen molar-refractivity contribution in [1.29, 1.82) is 0 Å². The number of fused-ring (bicyclic) bond motifs is 1. The number of nitrogens with one attached hydrogen (secondary N) is 1. The monoisotopic (exact) mass is 318 g/mol. The van der Waals surface area contributed by atoms with E-state index in [0.717, 1.165) is 17.0 Å². The fourth-order valence-corrected chi connectivity index (χ4v) is 2.47. The minimum atomic E-state index is -0.953. The maximum absolute atomic E-state index is 10.7. The third kappa shape index (κ3) is 2.84. The number of carbonyl (C=O) groups is 1. The zero-order valence-electron chi connectivity index (χ0n) is 11.8. The average Bonchev–Trinajstić information content (AvgIpc) is 3.15. The minimum Gasteiger partial charge on any atom is -0.465 e. The van der Waals surface area contributed by atoms with Gasteiger partial charge in [-0.25, -0.2) is 19.3 Å². The Morgan fingerprint density at radius 3 is 3.05 bits per heavy atom. The van der Waals surface area contributed by atoms with Gasteiger partial charge in [0, 0.05) is 25.5 Å². The van der Waals surface area contributed by atoms with Gasteiger partial charge in [-0.15, -0.1) is 16.4 Å². The molecular weight excluding hydrogens is 304 g/mol. The van der Waals surface area contributed by atoms with Crippen LogP contribution in [0, 0.1) is 0 Å². The van der Waals surface area contributed by atoms with Crippen molar-refractivity contribution < 1.29 is 9.90 Å². The molecule has 2 N–H and O–H groups in total. The van der Waals surface area contributed by atoms with Gasteiger partial charge in [0.25, 0.3) is 0 Å². The SMILES string of the molecule is CN(CCNc1ccc2ncc(-c3cscn3)n2n1)C(=O)O. The first-order chi connectivity index (χ1) is 10.6. The van der Waals surface area contributed by atoms with Crippen LogP contribution in [0.1, 0.15) is 0 Å². The molecule has 114 valence electrons. The second-order valence-corrected chi connectivity index (χ2v) is 5.36. The molecule has 1 amide bonds. The Morgan fingerprint density at radius 1 is 1.45 bits per heavy atom. The van der Waals surface area contributed by atoms with Crippen molar-refractivity contribution in [3.8, 4) is 11.4 Å². The van der Waals surface area contributed by atoms with Crippen LogP contribution in [0.3, 0.4) is 0 Å². The van der Waals surface area contributed by atoms with Gasteiger partial charge in [-0.1, -0.05) is 0 Å². The number of carboxylic acid groups (broad SMARTS) is 1. The van der Waals surface area contributed by atoms with E-state index in [9.17, 15) is 4.79 Å². The van der Waals surface area contributed by atoms with Crippen LogP contribution in [0.15, 0.2) is 29.2 Å². The van der Waals surface area contributed by atoms with Crippen molar-refractivity contribution in [1.82, 2.24) is 24.5 Å². The number of nitrogens with zero attached hydrogens (tertiary/aromatic N) is 5. The minimum absolute atomic E-state index is 0.373. The summed E-state index contributed by atoms with van der Waals surface area (Å²) in [6.07, 6.45) is 0.782. The van der Waals surface area contributed by atoms with Crippen LogP contribution in [-0.2, 0) is 0 Å². The number of imidazole rings is 1. The number of rotatable bonds is 5. The molecule has 0 spiro atoms. The Hall–Kier alpha value is -2.68.